The lowest BCUT2D eigenvalue weighted by molar-refractivity contribution is -0.136. The zero-order valence-corrected chi connectivity index (χ0v) is 12.1. The van der Waals surface area contributed by atoms with Gasteiger partial charge in [0.15, 0.2) is 0 Å². The van der Waals surface area contributed by atoms with Gasteiger partial charge in [-0.2, -0.15) is 0 Å². The predicted molar refractivity (Wildman–Crippen MR) is 78.4 cm³/mol. The van der Waals surface area contributed by atoms with Crippen LogP contribution < -0.4 is 5.32 Å². The third-order valence-corrected chi connectivity index (χ3v) is 3.73. The van der Waals surface area contributed by atoms with Crippen molar-refractivity contribution in [2.45, 2.75) is 32.0 Å². The number of hydrogen-bond acceptors (Lipinski definition) is 4. The fourth-order valence-electron chi connectivity index (χ4n) is 2.58. The number of hydrogen-bond donors (Lipinski definition) is 1. The summed E-state index contributed by atoms with van der Waals surface area (Å²) in [5, 5.41) is 2.87. The summed E-state index contributed by atoms with van der Waals surface area (Å²) in [7, 11) is 0. The Hall–Kier alpha value is -2.63. The number of likely N-dealkylation sites (tertiary alicyclic amines) is 1. The topological polar surface area (TPSA) is 75.4 Å². The molecule has 1 aliphatic rings. The van der Waals surface area contributed by atoms with Crippen LogP contribution in [0.3, 0.4) is 0 Å². The number of rotatable bonds is 5. The summed E-state index contributed by atoms with van der Waals surface area (Å²) in [5.74, 6) is 0.527. The third-order valence-electron chi connectivity index (χ3n) is 3.73. The first-order valence-electron chi connectivity index (χ1n) is 7.22. The van der Waals surface area contributed by atoms with E-state index in [1.54, 1.807) is 35.7 Å². The van der Waals surface area contributed by atoms with Crippen molar-refractivity contribution in [3.8, 4) is 0 Å². The second-order valence-corrected chi connectivity index (χ2v) is 5.23. The molecule has 6 nitrogen and oxygen atoms in total. The maximum absolute atomic E-state index is 12.3. The molecule has 6 heteroatoms. The fourth-order valence-corrected chi connectivity index (χ4v) is 2.58. The van der Waals surface area contributed by atoms with Gasteiger partial charge in [0.05, 0.1) is 12.8 Å². The number of aromatic nitrogens is 1. The van der Waals surface area contributed by atoms with Crippen molar-refractivity contribution in [1.82, 2.24) is 15.2 Å². The van der Waals surface area contributed by atoms with E-state index in [4.69, 9.17) is 4.42 Å². The van der Waals surface area contributed by atoms with E-state index in [0.717, 1.165) is 5.56 Å². The largest absolute Gasteiger partial charge is 0.467 e. The first kappa shape index (κ1) is 14.3. The molecule has 3 rings (SSSR count). The molecule has 2 aromatic heterocycles. The van der Waals surface area contributed by atoms with Crippen molar-refractivity contribution in [2.24, 2.45) is 0 Å². The van der Waals surface area contributed by atoms with Crippen LogP contribution in [-0.2, 0) is 22.7 Å². The number of amides is 2. The van der Waals surface area contributed by atoms with Crippen molar-refractivity contribution < 1.29 is 14.0 Å². The minimum Gasteiger partial charge on any atom is -0.467 e. The molecular formula is C16H17N3O3. The minimum atomic E-state index is -0.436. The second-order valence-electron chi connectivity index (χ2n) is 5.23. The first-order valence-corrected chi connectivity index (χ1v) is 7.22. The molecule has 1 aliphatic heterocycles. The molecule has 1 N–H and O–H groups in total. The Morgan fingerprint density at radius 2 is 2.32 bits per heavy atom. The Balaban J connectivity index is 1.61. The van der Waals surface area contributed by atoms with Gasteiger partial charge in [-0.1, -0.05) is 6.07 Å². The van der Waals surface area contributed by atoms with Crippen molar-refractivity contribution in [3.05, 3.63) is 54.2 Å². The minimum absolute atomic E-state index is 0.0158. The standard InChI is InChI=1S/C16H17N3O3/c20-15-6-5-14(19(15)11-13-4-2-8-22-13)16(21)18-10-12-3-1-7-17-9-12/h1-4,7-9,14H,5-6,10-11H2,(H,18,21)/t14-/m0/s1. The zero-order chi connectivity index (χ0) is 15.4. The van der Waals surface area contributed by atoms with Crippen LogP contribution in [0.2, 0.25) is 0 Å². The molecule has 1 fully saturated rings. The molecule has 0 spiro atoms. The quantitative estimate of drug-likeness (QED) is 0.907. The maximum atomic E-state index is 12.3. The summed E-state index contributed by atoms with van der Waals surface area (Å²) < 4.78 is 5.27. The Labute approximate surface area is 128 Å². The molecule has 0 aromatic carbocycles. The SMILES string of the molecule is O=C(NCc1cccnc1)[C@@H]1CCC(=O)N1Cc1ccco1. The molecule has 2 amide bonds. The molecule has 1 atom stereocenters. The van der Waals surface area contributed by atoms with Crippen molar-refractivity contribution in [3.63, 3.8) is 0 Å². The lowest BCUT2D eigenvalue weighted by Gasteiger charge is -2.23. The normalized spacial score (nSPS) is 17.7. The fraction of sp³-hybridized carbons (Fsp3) is 0.312. The van der Waals surface area contributed by atoms with E-state index in [1.165, 1.54) is 0 Å². The highest BCUT2D eigenvalue weighted by atomic mass is 16.3. The molecule has 0 radical (unpaired) electrons. The molecule has 0 unspecified atom stereocenters. The van der Waals surface area contributed by atoms with Crippen molar-refractivity contribution in [2.75, 3.05) is 0 Å². The summed E-state index contributed by atoms with van der Waals surface area (Å²) in [5.41, 5.74) is 0.928. The molecule has 3 heterocycles. The highest BCUT2D eigenvalue weighted by Crippen LogP contribution is 2.22. The average Bonchev–Trinajstić information content (AvgIpc) is 3.17. The van der Waals surface area contributed by atoms with Gasteiger partial charge in [-0.25, -0.2) is 0 Å². The Morgan fingerprint density at radius 3 is 3.05 bits per heavy atom. The van der Waals surface area contributed by atoms with Crippen LogP contribution in [0.1, 0.15) is 24.2 Å². The van der Waals surface area contributed by atoms with Crippen molar-refractivity contribution in [1.29, 1.82) is 0 Å². The van der Waals surface area contributed by atoms with Gasteiger partial charge in [0, 0.05) is 25.4 Å². The smallest absolute Gasteiger partial charge is 0.243 e. The number of furan rings is 1. The van der Waals surface area contributed by atoms with E-state index in [2.05, 4.69) is 10.3 Å². The lowest BCUT2D eigenvalue weighted by Crippen LogP contribution is -2.44. The van der Waals surface area contributed by atoms with E-state index >= 15 is 0 Å². The molecule has 1 saturated heterocycles. The van der Waals surface area contributed by atoms with Crippen LogP contribution in [0.4, 0.5) is 0 Å². The monoisotopic (exact) mass is 299 g/mol. The van der Waals surface area contributed by atoms with E-state index in [-0.39, 0.29) is 11.8 Å². The highest BCUT2D eigenvalue weighted by molar-refractivity contribution is 5.90. The molecule has 0 bridgehead atoms. The van der Waals surface area contributed by atoms with Crippen LogP contribution >= 0.6 is 0 Å². The Kier molecular flexibility index (Phi) is 4.18. The number of nitrogens with one attached hydrogen (secondary N) is 1. The number of carbonyl (C=O) groups is 2. The molecule has 22 heavy (non-hydrogen) atoms. The summed E-state index contributed by atoms with van der Waals surface area (Å²) >= 11 is 0. The summed E-state index contributed by atoms with van der Waals surface area (Å²) in [4.78, 5) is 29.9. The number of pyridine rings is 1. The zero-order valence-electron chi connectivity index (χ0n) is 12.1. The third kappa shape index (κ3) is 3.16. The number of nitrogens with zero attached hydrogens (tertiary/aromatic N) is 2. The van der Waals surface area contributed by atoms with E-state index in [9.17, 15) is 9.59 Å². The summed E-state index contributed by atoms with van der Waals surface area (Å²) in [6.45, 7) is 0.739. The van der Waals surface area contributed by atoms with Gasteiger partial charge in [-0.05, 0) is 30.2 Å². The average molecular weight is 299 g/mol. The van der Waals surface area contributed by atoms with Crippen molar-refractivity contribution >= 4 is 11.8 Å². The molecule has 0 saturated carbocycles. The number of carbonyl (C=O) groups excluding carboxylic acids is 2. The van der Waals surface area contributed by atoms with Gasteiger partial charge in [0.25, 0.3) is 0 Å². The molecule has 2 aromatic rings. The van der Waals surface area contributed by atoms with Gasteiger partial charge in [-0.15, -0.1) is 0 Å². The second kappa shape index (κ2) is 6.43. The van der Waals surface area contributed by atoms with Crippen LogP contribution in [0, 0.1) is 0 Å². The molecular weight excluding hydrogens is 282 g/mol. The molecule has 114 valence electrons. The molecule has 0 aliphatic carbocycles. The lowest BCUT2D eigenvalue weighted by atomic mass is 10.2. The predicted octanol–water partition coefficient (Wildman–Crippen LogP) is 1.48. The van der Waals surface area contributed by atoms with Crippen LogP contribution in [0.25, 0.3) is 0 Å². The maximum Gasteiger partial charge on any atom is 0.243 e. The van der Waals surface area contributed by atoms with Crippen LogP contribution in [-0.4, -0.2) is 27.7 Å². The van der Waals surface area contributed by atoms with Crippen LogP contribution in [0.5, 0.6) is 0 Å². The van der Waals surface area contributed by atoms with Gasteiger partial charge in [-0.3, -0.25) is 14.6 Å². The van der Waals surface area contributed by atoms with Gasteiger partial charge in [0.2, 0.25) is 11.8 Å². The first-order chi connectivity index (χ1) is 10.7. The van der Waals surface area contributed by atoms with E-state index < -0.39 is 6.04 Å². The van der Waals surface area contributed by atoms with E-state index in [0.29, 0.717) is 31.7 Å². The van der Waals surface area contributed by atoms with E-state index in [1.807, 2.05) is 12.1 Å². The highest BCUT2D eigenvalue weighted by Gasteiger charge is 2.36. The summed E-state index contributed by atoms with van der Waals surface area (Å²) in [6.07, 6.45) is 5.89. The Morgan fingerprint density at radius 1 is 1.41 bits per heavy atom. The Bertz CT molecular complexity index is 640. The summed E-state index contributed by atoms with van der Waals surface area (Å²) in [6, 6.07) is 6.86. The van der Waals surface area contributed by atoms with Gasteiger partial charge < -0.3 is 14.6 Å². The van der Waals surface area contributed by atoms with Gasteiger partial charge in [0.1, 0.15) is 11.8 Å². The van der Waals surface area contributed by atoms with Gasteiger partial charge >= 0.3 is 0 Å². The van der Waals surface area contributed by atoms with Crippen LogP contribution in [0.15, 0.2) is 47.3 Å².